The molecule has 19 heavy (non-hydrogen) atoms. The summed E-state index contributed by atoms with van der Waals surface area (Å²) in [6, 6.07) is 5.69. The van der Waals surface area contributed by atoms with E-state index in [2.05, 4.69) is 0 Å². The normalized spacial score (nSPS) is 27.2. The quantitative estimate of drug-likeness (QED) is 0.786. The standard InChI is InChI=1S/C15H19FO3/c1-10-6-14(7-11(2)19-10)18-9-15(17)12-4-3-5-13(16)8-12/h3-5,8,10-11,14H,6-7,9H2,1-2H3. The van der Waals surface area contributed by atoms with Gasteiger partial charge in [-0.25, -0.2) is 4.39 Å². The number of hydrogen-bond donors (Lipinski definition) is 0. The van der Waals surface area contributed by atoms with Crippen molar-refractivity contribution in [3.8, 4) is 0 Å². The van der Waals surface area contributed by atoms with Crippen molar-refractivity contribution in [3.05, 3.63) is 35.6 Å². The fourth-order valence-electron chi connectivity index (χ4n) is 2.42. The van der Waals surface area contributed by atoms with Crippen LogP contribution in [0.1, 0.15) is 37.0 Å². The van der Waals surface area contributed by atoms with Crippen molar-refractivity contribution in [2.24, 2.45) is 0 Å². The maximum atomic E-state index is 13.0. The highest BCUT2D eigenvalue weighted by Gasteiger charge is 2.25. The number of carbonyl (C=O) groups is 1. The zero-order chi connectivity index (χ0) is 13.8. The van der Waals surface area contributed by atoms with Crippen LogP contribution in [0.15, 0.2) is 24.3 Å². The van der Waals surface area contributed by atoms with Crippen molar-refractivity contribution in [1.82, 2.24) is 0 Å². The van der Waals surface area contributed by atoms with E-state index in [-0.39, 0.29) is 30.7 Å². The summed E-state index contributed by atoms with van der Waals surface area (Å²) in [4.78, 5) is 11.9. The summed E-state index contributed by atoms with van der Waals surface area (Å²) in [5.74, 6) is -0.592. The van der Waals surface area contributed by atoms with E-state index in [1.165, 1.54) is 18.2 Å². The zero-order valence-electron chi connectivity index (χ0n) is 11.3. The summed E-state index contributed by atoms with van der Waals surface area (Å²) in [6.07, 6.45) is 1.92. The number of Topliss-reactive ketones (excluding diaryl/α,β-unsaturated/α-hetero) is 1. The first-order valence-electron chi connectivity index (χ1n) is 6.60. The van der Waals surface area contributed by atoms with Gasteiger partial charge in [0.2, 0.25) is 0 Å². The first kappa shape index (κ1) is 14.2. The van der Waals surface area contributed by atoms with Gasteiger partial charge in [0.1, 0.15) is 12.4 Å². The molecule has 0 amide bonds. The molecule has 2 unspecified atom stereocenters. The molecule has 1 aliphatic rings. The third-order valence-electron chi connectivity index (χ3n) is 3.25. The summed E-state index contributed by atoms with van der Waals surface area (Å²) < 4.78 is 24.3. The second-order valence-electron chi connectivity index (χ2n) is 5.10. The van der Waals surface area contributed by atoms with Gasteiger partial charge in [0.05, 0.1) is 18.3 Å². The Morgan fingerprint density at radius 3 is 2.68 bits per heavy atom. The molecular weight excluding hydrogens is 247 g/mol. The van der Waals surface area contributed by atoms with Crippen molar-refractivity contribution in [2.75, 3.05) is 6.61 Å². The van der Waals surface area contributed by atoms with Crippen molar-refractivity contribution in [2.45, 2.75) is 45.0 Å². The average Bonchev–Trinajstić information content (AvgIpc) is 2.35. The molecule has 4 heteroatoms. The van der Waals surface area contributed by atoms with Crippen LogP contribution < -0.4 is 0 Å². The minimum atomic E-state index is -0.404. The fourth-order valence-corrected chi connectivity index (χ4v) is 2.42. The van der Waals surface area contributed by atoms with Gasteiger partial charge >= 0.3 is 0 Å². The largest absolute Gasteiger partial charge is 0.375 e. The molecule has 1 heterocycles. The summed E-state index contributed by atoms with van der Waals surface area (Å²) in [5, 5.41) is 0. The van der Waals surface area contributed by atoms with Gasteiger partial charge in [-0.3, -0.25) is 4.79 Å². The molecule has 104 valence electrons. The van der Waals surface area contributed by atoms with Gasteiger partial charge in [-0.05, 0) is 38.8 Å². The third-order valence-corrected chi connectivity index (χ3v) is 3.25. The van der Waals surface area contributed by atoms with E-state index in [0.717, 1.165) is 12.8 Å². The zero-order valence-corrected chi connectivity index (χ0v) is 11.3. The molecule has 0 N–H and O–H groups in total. The van der Waals surface area contributed by atoms with Gasteiger partial charge in [0.15, 0.2) is 5.78 Å². The van der Waals surface area contributed by atoms with Gasteiger partial charge < -0.3 is 9.47 Å². The molecule has 3 nitrogen and oxygen atoms in total. The Morgan fingerprint density at radius 2 is 2.05 bits per heavy atom. The van der Waals surface area contributed by atoms with Crippen molar-refractivity contribution < 1.29 is 18.7 Å². The Morgan fingerprint density at radius 1 is 1.37 bits per heavy atom. The number of hydrogen-bond acceptors (Lipinski definition) is 3. The Balaban J connectivity index is 1.86. The van der Waals surface area contributed by atoms with E-state index in [0.29, 0.717) is 5.56 Å². The summed E-state index contributed by atoms with van der Waals surface area (Å²) >= 11 is 0. The van der Waals surface area contributed by atoms with Gasteiger partial charge in [-0.15, -0.1) is 0 Å². The Labute approximate surface area is 112 Å². The van der Waals surface area contributed by atoms with Gasteiger partial charge in [-0.2, -0.15) is 0 Å². The highest BCUT2D eigenvalue weighted by molar-refractivity contribution is 5.97. The van der Waals surface area contributed by atoms with Crippen LogP contribution in [-0.4, -0.2) is 30.7 Å². The van der Waals surface area contributed by atoms with Crippen LogP contribution in [0.5, 0.6) is 0 Å². The van der Waals surface area contributed by atoms with Crippen molar-refractivity contribution in [3.63, 3.8) is 0 Å². The van der Waals surface area contributed by atoms with E-state index < -0.39 is 5.82 Å². The van der Waals surface area contributed by atoms with Gasteiger partial charge in [0.25, 0.3) is 0 Å². The monoisotopic (exact) mass is 266 g/mol. The second-order valence-corrected chi connectivity index (χ2v) is 5.10. The van der Waals surface area contributed by atoms with E-state index in [1.54, 1.807) is 6.07 Å². The molecular formula is C15H19FO3. The molecule has 2 rings (SSSR count). The maximum absolute atomic E-state index is 13.0. The number of carbonyl (C=O) groups excluding carboxylic acids is 1. The van der Waals surface area contributed by atoms with Crippen LogP contribution in [0.4, 0.5) is 4.39 Å². The fraction of sp³-hybridized carbons (Fsp3) is 0.533. The molecule has 0 aromatic heterocycles. The SMILES string of the molecule is CC1CC(OCC(=O)c2cccc(F)c2)CC(C)O1. The maximum Gasteiger partial charge on any atom is 0.188 e. The van der Waals surface area contributed by atoms with Crippen LogP contribution in [0.2, 0.25) is 0 Å². The van der Waals surface area contributed by atoms with E-state index in [4.69, 9.17) is 9.47 Å². The number of halogens is 1. The van der Waals surface area contributed by atoms with Crippen LogP contribution in [0.25, 0.3) is 0 Å². The summed E-state index contributed by atoms with van der Waals surface area (Å²) in [6.45, 7) is 3.99. The topological polar surface area (TPSA) is 35.5 Å². The number of ketones is 1. The summed E-state index contributed by atoms with van der Waals surface area (Å²) in [5.41, 5.74) is 0.355. The highest BCUT2D eigenvalue weighted by atomic mass is 19.1. The molecule has 2 atom stereocenters. The molecule has 0 aliphatic carbocycles. The van der Waals surface area contributed by atoms with E-state index in [1.807, 2.05) is 13.8 Å². The first-order chi connectivity index (χ1) is 9.04. The lowest BCUT2D eigenvalue weighted by Crippen LogP contribution is -2.35. The molecule has 1 saturated heterocycles. The van der Waals surface area contributed by atoms with Crippen LogP contribution in [0, 0.1) is 5.82 Å². The molecule has 0 saturated carbocycles. The Hall–Kier alpha value is -1.26. The minimum Gasteiger partial charge on any atom is -0.375 e. The summed E-state index contributed by atoms with van der Waals surface area (Å²) in [7, 11) is 0. The van der Waals surface area contributed by atoms with Crippen molar-refractivity contribution >= 4 is 5.78 Å². The Bertz CT molecular complexity index is 437. The predicted molar refractivity (Wildman–Crippen MR) is 69.7 cm³/mol. The predicted octanol–water partition coefficient (Wildman–Crippen LogP) is 2.98. The van der Waals surface area contributed by atoms with Gasteiger partial charge in [-0.1, -0.05) is 12.1 Å². The Kier molecular flexibility index (Phi) is 4.66. The molecule has 0 bridgehead atoms. The molecule has 1 aromatic rings. The van der Waals surface area contributed by atoms with Crippen LogP contribution in [-0.2, 0) is 9.47 Å². The smallest absolute Gasteiger partial charge is 0.188 e. The molecule has 1 aliphatic heterocycles. The van der Waals surface area contributed by atoms with Crippen molar-refractivity contribution in [1.29, 1.82) is 0 Å². The molecule has 0 radical (unpaired) electrons. The van der Waals surface area contributed by atoms with E-state index >= 15 is 0 Å². The molecule has 0 spiro atoms. The average molecular weight is 266 g/mol. The van der Waals surface area contributed by atoms with Gasteiger partial charge in [0, 0.05) is 5.56 Å². The lowest BCUT2D eigenvalue weighted by molar-refractivity contribution is -0.0975. The first-order valence-corrected chi connectivity index (χ1v) is 6.60. The number of rotatable bonds is 4. The third kappa shape index (κ3) is 4.11. The highest BCUT2D eigenvalue weighted by Crippen LogP contribution is 2.21. The number of benzene rings is 1. The second kappa shape index (κ2) is 6.26. The lowest BCUT2D eigenvalue weighted by atomic mass is 10.0. The van der Waals surface area contributed by atoms with Crippen LogP contribution in [0.3, 0.4) is 0 Å². The molecule has 1 fully saturated rings. The minimum absolute atomic E-state index is 0.00639. The number of ether oxygens (including phenoxy) is 2. The molecule has 1 aromatic carbocycles. The van der Waals surface area contributed by atoms with Crippen LogP contribution >= 0.6 is 0 Å². The lowest BCUT2D eigenvalue weighted by Gasteiger charge is -2.31. The van der Waals surface area contributed by atoms with E-state index in [9.17, 15) is 9.18 Å².